The Morgan fingerprint density at radius 2 is 2.31 bits per heavy atom. The van der Waals surface area contributed by atoms with Crippen molar-refractivity contribution in [2.75, 3.05) is 6.54 Å². The summed E-state index contributed by atoms with van der Waals surface area (Å²) in [6.07, 6.45) is 1.40. The second kappa shape index (κ2) is 4.23. The lowest BCUT2D eigenvalue weighted by atomic mass is 10.3. The molecule has 0 saturated heterocycles. The van der Waals surface area contributed by atoms with Crippen LogP contribution < -0.4 is 5.32 Å². The van der Waals surface area contributed by atoms with E-state index < -0.39 is 0 Å². The van der Waals surface area contributed by atoms with Crippen LogP contribution in [0, 0.1) is 0 Å². The number of rotatable bonds is 3. The maximum absolute atomic E-state index is 11.3. The quantitative estimate of drug-likeness (QED) is 0.875. The van der Waals surface area contributed by atoms with Crippen LogP contribution in [0.3, 0.4) is 0 Å². The van der Waals surface area contributed by atoms with Gasteiger partial charge in [0.05, 0.1) is 18.4 Å². The Hall–Kier alpha value is -1.10. The van der Waals surface area contributed by atoms with Gasteiger partial charge in [0.15, 0.2) is 4.67 Å². The normalized spacial score (nSPS) is 9.69. The summed E-state index contributed by atoms with van der Waals surface area (Å²) in [6.45, 7) is 1.45. The van der Waals surface area contributed by atoms with Gasteiger partial charge in [0.2, 0.25) is 0 Å². The summed E-state index contributed by atoms with van der Waals surface area (Å²) >= 11 is 3.06. The molecular formula is C8H8BrNO3. The number of Topliss-reactive ketones (excluding diaryl/α,β-unsaturated/α-hetero) is 1. The number of hydrogen-bond donors (Lipinski definition) is 1. The van der Waals surface area contributed by atoms with Crippen LogP contribution in [0.15, 0.2) is 21.4 Å². The number of carbonyl (C=O) groups is 2. The van der Waals surface area contributed by atoms with E-state index in [2.05, 4.69) is 21.2 Å². The molecule has 0 aliphatic rings. The van der Waals surface area contributed by atoms with Crippen LogP contribution in [-0.2, 0) is 4.79 Å². The van der Waals surface area contributed by atoms with E-state index in [0.29, 0.717) is 10.2 Å². The molecule has 1 aromatic heterocycles. The summed E-state index contributed by atoms with van der Waals surface area (Å²) in [5.74, 6) is -0.413. The minimum absolute atomic E-state index is 0.0381. The molecule has 1 amide bonds. The van der Waals surface area contributed by atoms with Gasteiger partial charge in [-0.05, 0) is 28.9 Å². The Labute approximate surface area is 83.4 Å². The summed E-state index contributed by atoms with van der Waals surface area (Å²) in [7, 11) is 0. The van der Waals surface area contributed by atoms with Gasteiger partial charge in [-0.2, -0.15) is 0 Å². The third-order valence-corrected chi connectivity index (χ3v) is 1.97. The van der Waals surface area contributed by atoms with Crippen LogP contribution in [-0.4, -0.2) is 18.2 Å². The van der Waals surface area contributed by atoms with Crippen LogP contribution in [0.5, 0.6) is 0 Å². The third-order valence-electron chi connectivity index (χ3n) is 1.36. The highest BCUT2D eigenvalue weighted by molar-refractivity contribution is 9.10. The van der Waals surface area contributed by atoms with Gasteiger partial charge in [-0.15, -0.1) is 0 Å². The van der Waals surface area contributed by atoms with Gasteiger partial charge in [0, 0.05) is 0 Å². The van der Waals surface area contributed by atoms with E-state index in [4.69, 9.17) is 4.42 Å². The van der Waals surface area contributed by atoms with Gasteiger partial charge in [-0.25, -0.2) is 0 Å². The van der Waals surface area contributed by atoms with Gasteiger partial charge in [-0.3, -0.25) is 9.59 Å². The summed E-state index contributed by atoms with van der Waals surface area (Å²) in [5.41, 5.74) is 0.390. The van der Waals surface area contributed by atoms with Crippen molar-refractivity contribution < 1.29 is 14.0 Å². The number of furan rings is 1. The van der Waals surface area contributed by atoms with Gasteiger partial charge in [0.25, 0.3) is 5.91 Å². The van der Waals surface area contributed by atoms with E-state index in [0.717, 1.165) is 0 Å². The van der Waals surface area contributed by atoms with E-state index in [9.17, 15) is 9.59 Å². The largest absolute Gasteiger partial charge is 0.457 e. The lowest BCUT2D eigenvalue weighted by molar-refractivity contribution is -0.116. The Bertz CT molecular complexity index is 332. The van der Waals surface area contributed by atoms with Crippen molar-refractivity contribution in [3.8, 4) is 0 Å². The monoisotopic (exact) mass is 245 g/mol. The topological polar surface area (TPSA) is 59.3 Å². The molecule has 0 unspecified atom stereocenters. The molecule has 0 aliphatic carbocycles. The standard InChI is InChI=1S/C8H8BrNO3/c1-5(11)4-10-8(12)6-2-3-13-7(6)9/h2-3H,4H2,1H3,(H,10,12). The van der Waals surface area contributed by atoms with Crippen molar-refractivity contribution in [1.29, 1.82) is 0 Å². The molecule has 0 saturated carbocycles. The van der Waals surface area contributed by atoms with Crippen molar-refractivity contribution >= 4 is 27.6 Å². The fraction of sp³-hybridized carbons (Fsp3) is 0.250. The van der Waals surface area contributed by atoms with Crippen molar-refractivity contribution in [3.05, 3.63) is 22.6 Å². The predicted octanol–water partition coefficient (Wildman–Crippen LogP) is 1.36. The Morgan fingerprint density at radius 1 is 1.62 bits per heavy atom. The third kappa shape index (κ3) is 2.69. The highest BCUT2D eigenvalue weighted by atomic mass is 79.9. The van der Waals surface area contributed by atoms with Gasteiger partial charge >= 0.3 is 0 Å². The molecule has 5 heteroatoms. The highest BCUT2D eigenvalue weighted by Gasteiger charge is 2.11. The summed E-state index contributed by atoms with van der Waals surface area (Å²) in [4.78, 5) is 21.8. The first-order valence-corrected chi connectivity index (χ1v) is 4.41. The summed E-state index contributed by atoms with van der Waals surface area (Å²) < 4.78 is 5.23. The number of halogens is 1. The van der Waals surface area contributed by atoms with Gasteiger partial charge < -0.3 is 9.73 Å². The minimum atomic E-state index is -0.323. The molecule has 13 heavy (non-hydrogen) atoms. The molecule has 4 nitrogen and oxygen atoms in total. The Kier molecular flexibility index (Phi) is 3.25. The molecule has 0 radical (unpaired) electrons. The highest BCUT2D eigenvalue weighted by Crippen LogP contribution is 2.16. The first kappa shape index (κ1) is 9.98. The molecule has 0 fully saturated rings. The maximum atomic E-state index is 11.3. The molecule has 0 bridgehead atoms. The van der Waals surface area contributed by atoms with E-state index >= 15 is 0 Å². The number of ketones is 1. The number of amides is 1. The lowest BCUT2D eigenvalue weighted by Gasteiger charge is -1.99. The lowest BCUT2D eigenvalue weighted by Crippen LogP contribution is -2.28. The van der Waals surface area contributed by atoms with E-state index in [-0.39, 0.29) is 18.2 Å². The van der Waals surface area contributed by atoms with Gasteiger partial charge in [0.1, 0.15) is 5.78 Å². The molecule has 1 rings (SSSR count). The summed E-state index contributed by atoms with van der Waals surface area (Å²) in [6, 6.07) is 1.53. The van der Waals surface area contributed by atoms with E-state index in [1.165, 1.54) is 19.3 Å². The average molecular weight is 246 g/mol. The zero-order chi connectivity index (χ0) is 9.84. The Morgan fingerprint density at radius 3 is 2.77 bits per heavy atom. The summed E-state index contributed by atoms with van der Waals surface area (Å²) in [5, 5.41) is 2.45. The van der Waals surface area contributed by atoms with Crippen molar-refractivity contribution in [1.82, 2.24) is 5.32 Å². The molecule has 1 heterocycles. The second-order valence-electron chi connectivity index (χ2n) is 2.49. The average Bonchev–Trinajstić information content (AvgIpc) is 2.47. The molecular weight excluding hydrogens is 238 g/mol. The minimum Gasteiger partial charge on any atom is -0.457 e. The molecule has 0 aromatic carbocycles. The van der Waals surface area contributed by atoms with Crippen molar-refractivity contribution in [2.45, 2.75) is 6.92 Å². The smallest absolute Gasteiger partial charge is 0.256 e. The van der Waals surface area contributed by atoms with E-state index in [1.807, 2.05) is 0 Å². The maximum Gasteiger partial charge on any atom is 0.256 e. The van der Waals surface area contributed by atoms with Crippen LogP contribution in [0.1, 0.15) is 17.3 Å². The number of nitrogens with one attached hydrogen (secondary N) is 1. The fourth-order valence-electron chi connectivity index (χ4n) is 0.756. The van der Waals surface area contributed by atoms with Crippen LogP contribution in [0.4, 0.5) is 0 Å². The first-order chi connectivity index (χ1) is 6.11. The van der Waals surface area contributed by atoms with Crippen molar-refractivity contribution in [2.24, 2.45) is 0 Å². The molecule has 70 valence electrons. The predicted molar refractivity (Wildman–Crippen MR) is 49.4 cm³/mol. The van der Waals surface area contributed by atoms with Crippen LogP contribution >= 0.6 is 15.9 Å². The second-order valence-corrected chi connectivity index (χ2v) is 3.21. The molecule has 0 atom stereocenters. The fourth-order valence-corrected chi connectivity index (χ4v) is 1.18. The molecule has 0 spiro atoms. The zero-order valence-corrected chi connectivity index (χ0v) is 8.55. The van der Waals surface area contributed by atoms with Crippen LogP contribution in [0.25, 0.3) is 0 Å². The van der Waals surface area contributed by atoms with E-state index in [1.54, 1.807) is 0 Å². The van der Waals surface area contributed by atoms with Gasteiger partial charge in [-0.1, -0.05) is 0 Å². The van der Waals surface area contributed by atoms with Crippen molar-refractivity contribution in [3.63, 3.8) is 0 Å². The molecule has 1 N–H and O–H groups in total. The Balaban J connectivity index is 2.59. The molecule has 0 aliphatic heterocycles. The number of hydrogen-bond acceptors (Lipinski definition) is 3. The SMILES string of the molecule is CC(=O)CNC(=O)c1ccoc1Br. The number of carbonyl (C=O) groups excluding carboxylic acids is 2. The zero-order valence-electron chi connectivity index (χ0n) is 6.96. The van der Waals surface area contributed by atoms with Crippen LogP contribution in [0.2, 0.25) is 0 Å². The first-order valence-electron chi connectivity index (χ1n) is 3.62. The molecule has 1 aromatic rings.